The van der Waals surface area contributed by atoms with Crippen LogP contribution in [0.4, 0.5) is 5.69 Å². The van der Waals surface area contributed by atoms with Gasteiger partial charge in [-0.2, -0.15) is 0 Å². The highest BCUT2D eigenvalue weighted by Gasteiger charge is 2.22. The molecule has 0 saturated carbocycles. The van der Waals surface area contributed by atoms with Gasteiger partial charge in [-0.05, 0) is 24.6 Å². The smallest absolute Gasteiger partial charge is 0.254 e. The lowest BCUT2D eigenvalue weighted by Crippen LogP contribution is -2.38. The molecule has 0 radical (unpaired) electrons. The predicted octanol–water partition coefficient (Wildman–Crippen LogP) is 1.43. The average molecular weight is 256 g/mol. The average Bonchev–Trinajstić information content (AvgIpc) is 2.88. The summed E-state index contributed by atoms with van der Waals surface area (Å²) in [6.45, 7) is 3.99. The highest BCUT2D eigenvalue weighted by Crippen LogP contribution is 2.17. The summed E-state index contributed by atoms with van der Waals surface area (Å²) >= 11 is 0. The van der Waals surface area contributed by atoms with Gasteiger partial charge in [-0.25, -0.2) is 4.98 Å². The molecular weight excluding hydrogens is 240 g/mol. The van der Waals surface area contributed by atoms with Crippen LogP contribution in [0.25, 0.3) is 0 Å². The van der Waals surface area contributed by atoms with Gasteiger partial charge in [0.05, 0.1) is 6.54 Å². The van der Waals surface area contributed by atoms with E-state index in [0.29, 0.717) is 24.3 Å². The van der Waals surface area contributed by atoms with Crippen LogP contribution in [-0.2, 0) is 13.1 Å². The van der Waals surface area contributed by atoms with Crippen molar-refractivity contribution in [3.63, 3.8) is 0 Å². The third-order valence-electron chi connectivity index (χ3n) is 3.56. The first-order valence-corrected chi connectivity index (χ1v) is 6.30. The number of benzene rings is 1. The van der Waals surface area contributed by atoms with Crippen LogP contribution in [-0.4, -0.2) is 26.9 Å². The minimum atomic E-state index is 0.0148. The highest BCUT2D eigenvalue weighted by molar-refractivity contribution is 5.95. The second kappa shape index (κ2) is 4.42. The second-order valence-corrected chi connectivity index (χ2v) is 4.83. The number of carbonyl (C=O) groups excluding carboxylic acids is 1. The first kappa shape index (κ1) is 11.8. The number of amides is 1. The fourth-order valence-corrected chi connectivity index (χ4v) is 2.30. The van der Waals surface area contributed by atoms with Gasteiger partial charge in [0, 0.05) is 36.7 Å². The maximum atomic E-state index is 12.4. The topological polar surface area (TPSA) is 64.2 Å². The number of hydrogen-bond donors (Lipinski definition) is 1. The number of hydrogen-bond acceptors (Lipinski definition) is 3. The standard InChI is InChI=1S/C14H16N4O/c1-10-2-3-11(8-12(10)15)14(19)18-7-6-17-5-4-16-13(17)9-18/h2-5,8H,6-7,9,15H2,1H3. The van der Waals surface area contributed by atoms with E-state index >= 15 is 0 Å². The van der Waals surface area contributed by atoms with Crippen LogP contribution >= 0.6 is 0 Å². The van der Waals surface area contributed by atoms with Crippen molar-refractivity contribution in [2.24, 2.45) is 0 Å². The molecular formula is C14H16N4O. The Bertz CT molecular complexity index is 632. The molecule has 0 spiro atoms. The molecule has 1 aliphatic heterocycles. The number of anilines is 1. The summed E-state index contributed by atoms with van der Waals surface area (Å²) in [6, 6.07) is 5.46. The Kier molecular flexibility index (Phi) is 2.74. The van der Waals surface area contributed by atoms with E-state index in [0.717, 1.165) is 17.9 Å². The normalized spacial score (nSPS) is 14.3. The summed E-state index contributed by atoms with van der Waals surface area (Å²) in [5.41, 5.74) is 8.15. The van der Waals surface area contributed by atoms with Gasteiger partial charge >= 0.3 is 0 Å². The monoisotopic (exact) mass is 256 g/mol. The number of aryl methyl sites for hydroxylation is 1. The van der Waals surface area contributed by atoms with Crippen molar-refractivity contribution < 1.29 is 4.79 Å². The van der Waals surface area contributed by atoms with Crippen molar-refractivity contribution in [3.05, 3.63) is 47.5 Å². The molecule has 19 heavy (non-hydrogen) atoms. The van der Waals surface area contributed by atoms with E-state index in [2.05, 4.69) is 9.55 Å². The summed E-state index contributed by atoms with van der Waals surface area (Å²) in [4.78, 5) is 18.5. The van der Waals surface area contributed by atoms with E-state index in [1.807, 2.05) is 30.2 Å². The minimum absolute atomic E-state index is 0.0148. The number of nitrogen functional groups attached to an aromatic ring is 1. The van der Waals surface area contributed by atoms with Crippen molar-refractivity contribution in [2.75, 3.05) is 12.3 Å². The molecule has 1 amide bonds. The van der Waals surface area contributed by atoms with Crippen LogP contribution in [0, 0.1) is 6.92 Å². The molecule has 0 unspecified atom stereocenters. The van der Waals surface area contributed by atoms with E-state index < -0.39 is 0 Å². The van der Waals surface area contributed by atoms with E-state index in [-0.39, 0.29) is 5.91 Å². The van der Waals surface area contributed by atoms with Crippen LogP contribution in [0.1, 0.15) is 21.7 Å². The van der Waals surface area contributed by atoms with Gasteiger partial charge in [0.25, 0.3) is 5.91 Å². The summed E-state index contributed by atoms with van der Waals surface area (Å²) in [6.07, 6.45) is 3.72. The summed E-state index contributed by atoms with van der Waals surface area (Å²) in [7, 11) is 0. The molecule has 0 bridgehead atoms. The molecule has 2 heterocycles. The zero-order valence-electron chi connectivity index (χ0n) is 10.8. The summed E-state index contributed by atoms with van der Waals surface area (Å²) < 4.78 is 2.08. The Balaban J connectivity index is 1.83. The number of rotatable bonds is 1. The summed E-state index contributed by atoms with van der Waals surface area (Å²) in [5, 5.41) is 0. The van der Waals surface area contributed by atoms with Crippen molar-refractivity contribution in [1.29, 1.82) is 0 Å². The minimum Gasteiger partial charge on any atom is -0.398 e. The van der Waals surface area contributed by atoms with Crippen LogP contribution in [0.5, 0.6) is 0 Å². The van der Waals surface area contributed by atoms with Crippen LogP contribution in [0.2, 0.25) is 0 Å². The fourth-order valence-electron chi connectivity index (χ4n) is 2.30. The molecule has 2 N–H and O–H groups in total. The van der Waals surface area contributed by atoms with Gasteiger partial charge in [0.2, 0.25) is 0 Å². The lowest BCUT2D eigenvalue weighted by Gasteiger charge is -2.27. The van der Waals surface area contributed by atoms with E-state index in [4.69, 9.17) is 5.73 Å². The largest absolute Gasteiger partial charge is 0.398 e. The maximum absolute atomic E-state index is 12.4. The lowest BCUT2D eigenvalue weighted by atomic mass is 10.1. The molecule has 0 fully saturated rings. The van der Waals surface area contributed by atoms with Crippen molar-refractivity contribution >= 4 is 11.6 Å². The SMILES string of the molecule is Cc1ccc(C(=O)N2CCn3ccnc3C2)cc1N. The Morgan fingerprint density at radius 1 is 1.37 bits per heavy atom. The van der Waals surface area contributed by atoms with Gasteiger partial charge in [-0.15, -0.1) is 0 Å². The lowest BCUT2D eigenvalue weighted by molar-refractivity contribution is 0.0707. The first-order valence-electron chi connectivity index (χ1n) is 6.30. The molecule has 5 nitrogen and oxygen atoms in total. The third kappa shape index (κ3) is 2.07. The van der Waals surface area contributed by atoms with Gasteiger partial charge in [-0.3, -0.25) is 4.79 Å². The third-order valence-corrected chi connectivity index (χ3v) is 3.56. The maximum Gasteiger partial charge on any atom is 0.254 e. The fraction of sp³-hybridized carbons (Fsp3) is 0.286. The zero-order valence-corrected chi connectivity index (χ0v) is 10.8. The molecule has 1 aromatic heterocycles. The molecule has 0 atom stereocenters. The molecule has 5 heteroatoms. The van der Waals surface area contributed by atoms with Gasteiger partial charge < -0.3 is 15.2 Å². The summed E-state index contributed by atoms with van der Waals surface area (Å²) in [5.74, 6) is 0.945. The first-order chi connectivity index (χ1) is 9.15. The molecule has 98 valence electrons. The van der Waals surface area contributed by atoms with E-state index in [9.17, 15) is 4.79 Å². The Morgan fingerprint density at radius 3 is 3.00 bits per heavy atom. The number of nitrogens with two attached hydrogens (primary N) is 1. The number of aromatic nitrogens is 2. The van der Waals surface area contributed by atoms with Crippen molar-refractivity contribution in [2.45, 2.75) is 20.0 Å². The Labute approximate surface area is 111 Å². The van der Waals surface area contributed by atoms with E-state index in [1.54, 1.807) is 12.3 Å². The quantitative estimate of drug-likeness (QED) is 0.785. The highest BCUT2D eigenvalue weighted by atomic mass is 16.2. The van der Waals surface area contributed by atoms with Crippen molar-refractivity contribution in [3.8, 4) is 0 Å². The second-order valence-electron chi connectivity index (χ2n) is 4.83. The molecule has 3 rings (SSSR count). The van der Waals surface area contributed by atoms with Crippen LogP contribution in [0.15, 0.2) is 30.6 Å². The molecule has 2 aromatic rings. The van der Waals surface area contributed by atoms with Crippen LogP contribution < -0.4 is 5.73 Å². The van der Waals surface area contributed by atoms with Crippen molar-refractivity contribution in [1.82, 2.24) is 14.5 Å². The molecule has 1 aliphatic rings. The van der Waals surface area contributed by atoms with Gasteiger partial charge in [0.15, 0.2) is 0 Å². The van der Waals surface area contributed by atoms with Crippen LogP contribution in [0.3, 0.4) is 0 Å². The number of imidazole rings is 1. The predicted molar refractivity (Wildman–Crippen MR) is 72.6 cm³/mol. The Morgan fingerprint density at radius 2 is 2.21 bits per heavy atom. The molecule has 0 saturated heterocycles. The zero-order chi connectivity index (χ0) is 13.4. The van der Waals surface area contributed by atoms with E-state index in [1.165, 1.54) is 0 Å². The number of carbonyl (C=O) groups is 1. The van der Waals surface area contributed by atoms with Gasteiger partial charge in [0.1, 0.15) is 5.82 Å². The Hall–Kier alpha value is -2.30. The number of fused-ring (bicyclic) bond motifs is 1. The molecule has 0 aliphatic carbocycles. The molecule has 1 aromatic carbocycles. The van der Waals surface area contributed by atoms with Gasteiger partial charge in [-0.1, -0.05) is 6.07 Å². The number of nitrogens with zero attached hydrogens (tertiary/aromatic N) is 3.